The molecule has 7 heteroatoms. The predicted octanol–water partition coefficient (Wildman–Crippen LogP) is 4.06. The minimum atomic E-state index is -1.00. The van der Waals surface area contributed by atoms with E-state index in [4.69, 9.17) is 4.74 Å². The number of fused-ring (bicyclic) bond motifs is 4. The molecule has 2 amide bonds. The van der Waals surface area contributed by atoms with Crippen LogP contribution in [0, 0.1) is 11.3 Å². The van der Waals surface area contributed by atoms with Gasteiger partial charge in [0, 0.05) is 12.0 Å². The van der Waals surface area contributed by atoms with Crippen molar-refractivity contribution in [2.24, 2.45) is 11.3 Å². The van der Waals surface area contributed by atoms with Crippen LogP contribution in [0.4, 0.5) is 4.79 Å². The summed E-state index contributed by atoms with van der Waals surface area (Å²) < 4.78 is 5.64. The summed E-state index contributed by atoms with van der Waals surface area (Å²) in [5.74, 6) is -1.02. The van der Waals surface area contributed by atoms with E-state index in [1.165, 1.54) is 11.1 Å². The van der Waals surface area contributed by atoms with Gasteiger partial charge in [-0.3, -0.25) is 4.79 Å². The van der Waals surface area contributed by atoms with Crippen LogP contribution in [0.3, 0.4) is 0 Å². The Morgan fingerprint density at radius 3 is 2.32 bits per heavy atom. The molecule has 0 radical (unpaired) electrons. The predicted molar refractivity (Wildman–Crippen MR) is 126 cm³/mol. The van der Waals surface area contributed by atoms with E-state index >= 15 is 0 Å². The molecule has 3 N–H and O–H groups in total. The summed E-state index contributed by atoms with van der Waals surface area (Å²) in [5.41, 5.74) is 4.13. The topological polar surface area (TPSA) is 105 Å². The number of rotatable bonds is 8. The van der Waals surface area contributed by atoms with Crippen LogP contribution in [-0.4, -0.2) is 41.8 Å². The first-order valence-corrected chi connectivity index (χ1v) is 12.1. The molecular formula is C27H30N2O5. The van der Waals surface area contributed by atoms with Crippen LogP contribution in [0.5, 0.6) is 0 Å². The molecule has 2 aromatic carbocycles. The van der Waals surface area contributed by atoms with Crippen LogP contribution in [0.1, 0.15) is 56.1 Å². The smallest absolute Gasteiger partial charge is 0.407 e. The molecule has 2 saturated carbocycles. The Labute approximate surface area is 198 Å². The van der Waals surface area contributed by atoms with Crippen molar-refractivity contribution in [3.8, 4) is 11.1 Å². The highest BCUT2D eigenvalue weighted by atomic mass is 16.5. The summed E-state index contributed by atoms with van der Waals surface area (Å²) >= 11 is 0. The molecule has 3 aliphatic carbocycles. The molecule has 2 fully saturated rings. The van der Waals surface area contributed by atoms with Crippen LogP contribution in [0.25, 0.3) is 11.1 Å². The fraction of sp³-hybridized carbons (Fsp3) is 0.444. The number of ether oxygens (including phenoxy) is 1. The van der Waals surface area contributed by atoms with E-state index in [0.717, 1.165) is 17.5 Å². The number of alkyl carbamates (subject to hydrolysis) is 1. The van der Waals surface area contributed by atoms with Gasteiger partial charge >= 0.3 is 12.1 Å². The number of aliphatic carboxylic acids is 1. The average molecular weight is 463 g/mol. The molecular weight excluding hydrogens is 432 g/mol. The maximum Gasteiger partial charge on any atom is 0.407 e. The number of nitrogens with one attached hydrogen (secondary N) is 2. The molecule has 7 nitrogen and oxygen atoms in total. The van der Waals surface area contributed by atoms with Gasteiger partial charge in [0.15, 0.2) is 0 Å². The van der Waals surface area contributed by atoms with E-state index in [0.29, 0.717) is 25.7 Å². The third kappa shape index (κ3) is 3.93. The van der Waals surface area contributed by atoms with Gasteiger partial charge < -0.3 is 20.5 Å². The highest BCUT2D eigenvalue weighted by Crippen LogP contribution is 2.63. The Bertz CT molecular complexity index is 1090. The molecule has 0 unspecified atom stereocenters. The first-order chi connectivity index (χ1) is 16.4. The second kappa shape index (κ2) is 8.78. The maximum absolute atomic E-state index is 12.8. The van der Waals surface area contributed by atoms with E-state index in [9.17, 15) is 19.5 Å². The first-order valence-electron chi connectivity index (χ1n) is 12.1. The normalized spacial score (nSPS) is 25.0. The van der Waals surface area contributed by atoms with Crippen LogP contribution < -0.4 is 10.6 Å². The first kappa shape index (κ1) is 22.4. The SMILES string of the molecule is CCC[C@H](NC(=O)[C@]12C[C@H](NC(=O)OCC3c4ccccc4-c4ccccc43)C[C@H]1C2)C(=O)O. The highest BCUT2D eigenvalue weighted by Gasteiger charge is 2.65. The monoisotopic (exact) mass is 462 g/mol. The van der Waals surface area contributed by atoms with Crippen molar-refractivity contribution in [3.63, 3.8) is 0 Å². The van der Waals surface area contributed by atoms with Gasteiger partial charge in [-0.1, -0.05) is 61.9 Å². The van der Waals surface area contributed by atoms with Crippen LogP contribution in [-0.2, 0) is 14.3 Å². The molecule has 3 aliphatic rings. The number of carboxylic acid groups (broad SMARTS) is 1. The van der Waals surface area contributed by atoms with Gasteiger partial charge in [0.2, 0.25) is 5.91 Å². The lowest BCUT2D eigenvalue weighted by molar-refractivity contribution is -0.143. The zero-order valence-electron chi connectivity index (χ0n) is 19.3. The number of carboxylic acids is 1. The van der Waals surface area contributed by atoms with Gasteiger partial charge in [-0.25, -0.2) is 9.59 Å². The average Bonchev–Trinajstić information content (AvgIpc) is 3.25. The summed E-state index contributed by atoms with van der Waals surface area (Å²) in [6.45, 7) is 2.14. The van der Waals surface area contributed by atoms with E-state index < -0.39 is 23.5 Å². The summed E-state index contributed by atoms with van der Waals surface area (Å²) in [6, 6.07) is 15.4. The maximum atomic E-state index is 12.8. The Morgan fingerprint density at radius 2 is 1.71 bits per heavy atom. The number of carbonyl (C=O) groups excluding carboxylic acids is 2. The number of hydrogen-bond donors (Lipinski definition) is 3. The number of hydrogen-bond acceptors (Lipinski definition) is 4. The van der Waals surface area contributed by atoms with Crippen molar-refractivity contribution in [1.82, 2.24) is 10.6 Å². The van der Waals surface area contributed by atoms with Crippen LogP contribution >= 0.6 is 0 Å². The minimum absolute atomic E-state index is 0.00114. The van der Waals surface area contributed by atoms with E-state index in [1.54, 1.807) is 0 Å². The number of carbonyl (C=O) groups is 3. The van der Waals surface area contributed by atoms with Crippen molar-refractivity contribution >= 4 is 18.0 Å². The third-order valence-electron chi connectivity index (χ3n) is 7.71. The molecule has 0 aliphatic heterocycles. The minimum Gasteiger partial charge on any atom is -0.480 e. The van der Waals surface area contributed by atoms with Gasteiger partial charge in [-0.2, -0.15) is 0 Å². The number of amides is 2. The number of benzene rings is 2. The molecule has 2 aromatic rings. The van der Waals surface area contributed by atoms with E-state index in [-0.39, 0.29) is 30.4 Å². The zero-order chi connectivity index (χ0) is 23.9. The van der Waals surface area contributed by atoms with E-state index in [2.05, 4.69) is 34.9 Å². The molecule has 5 rings (SSSR count). The molecule has 0 spiro atoms. The summed E-state index contributed by atoms with van der Waals surface area (Å²) in [5, 5.41) is 15.0. The Balaban J connectivity index is 1.17. The third-order valence-corrected chi connectivity index (χ3v) is 7.71. The molecule has 34 heavy (non-hydrogen) atoms. The van der Waals surface area contributed by atoms with Crippen molar-refractivity contribution in [2.45, 2.75) is 57.0 Å². The fourth-order valence-corrected chi connectivity index (χ4v) is 5.94. The van der Waals surface area contributed by atoms with Gasteiger partial charge in [-0.05, 0) is 53.9 Å². The van der Waals surface area contributed by atoms with Gasteiger partial charge in [0.1, 0.15) is 12.6 Å². The zero-order valence-corrected chi connectivity index (χ0v) is 19.3. The largest absolute Gasteiger partial charge is 0.480 e. The van der Waals surface area contributed by atoms with Crippen molar-refractivity contribution in [3.05, 3.63) is 59.7 Å². The van der Waals surface area contributed by atoms with Crippen LogP contribution in [0.15, 0.2) is 48.5 Å². The Kier molecular flexibility index (Phi) is 5.80. The van der Waals surface area contributed by atoms with Gasteiger partial charge in [-0.15, -0.1) is 0 Å². The Morgan fingerprint density at radius 1 is 1.06 bits per heavy atom. The molecule has 0 heterocycles. The van der Waals surface area contributed by atoms with Gasteiger partial charge in [0.25, 0.3) is 0 Å². The molecule has 0 aromatic heterocycles. The van der Waals surface area contributed by atoms with E-state index in [1.807, 2.05) is 31.2 Å². The van der Waals surface area contributed by atoms with Crippen molar-refractivity contribution < 1.29 is 24.2 Å². The molecule has 0 bridgehead atoms. The summed E-state index contributed by atoms with van der Waals surface area (Å²) in [7, 11) is 0. The lowest BCUT2D eigenvalue weighted by Crippen LogP contribution is -2.45. The van der Waals surface area contributed by atoms with Gasteiger partial charge in [0.05, 0.1) is 5.41 Å². The second-order valence-corrected chi connectivity index (χ2v) is 9.82. The fourth-order valence-electron chi connectivity index (χ4n) is 5.94. The summed E-state index contributed by atoms with van der Waals surface area (Å²) in [6.07, 6.45) is 2.59. The summed E-state index contributed by atoms with van der Waals surface area (Å²) in [4.78, 5) is 36.9. The lowest BCUT2D eigenvalue weighted by Gasteiger charge is -2.21. The highest BCUT2D eigenvalue weighted by molar-refractivity contribution is 5.90. The molecule has 4 atom stereocenters. The van der Waals surface area contributed by atoms with Crippen molar-refractivity contribution in [2.75, 3.05) is 6.61 Å². The Hall–Kier alpha value is -3.35. The second-order valence-electron chi connectivity index (χ2n) is 9.82. The quantitative estimate of drug-likeness (QED) is 0.549. The standard InChI is InChI=1S/C27H30N2O5/c1-2-7-23(24(30)31)29-25(32)27-13-16(27)12-17(14-27)28-26(33)34-15-22-20-10-5-3-8-18(20)19-9-4-6-11-21(19)22/h3-6,8-11,16-17,22-23H,2,7,12-15H2,1H3,(H,28,33)(H,29,32)(H,30,31)/t16-,17+,23-,27+/m0/s1. The van der Waals surface area contributed by atoms with Crippen LogP contribution in [0.2, 0.25) is 0 Å². The lowest BCUT2D eigenvalue weighted by atomic mass is 9.98. The van der Waals surface area contributed by atoms with Crippen molar-refractivity contribution in [1.29, 1.82) is 0 Å². The molecule has 178 valence electrons. The molecule has 0 saturated heterocycles.